The Labute approximate surface area is 79.1 Å². The van der Waals surface area contributed by atoms with Crippen molar-refractivity contribution in [2.45, 2.75) is 32.9 Å². The van der Waals surface area contributed by atoms with E-state index in [2.05, 4.69) is 0 Å². The van der Waals surface area contributed by atoms with Crippen LogP contribution in [0.4, 0.5) is 0 Å². The van der Waals surface area contributed by atoms with Crippen LogP contribution in [0, 0.1) is 0 Å². The van der Waals surface area contributed by atoms with Gasteiger partial charge >= 0.3 is 7.60 Å². The second kappa shape index (κ2) is 6.30. The van der Waals surface area contributed by atoms with E-state index in [1.165, 1.54) is 0 Å². The summed E-state index contributed by atoms with van der Waals surface area (Å²) < 4.78 is 21.9. The predicted octanol–water partition coefficient (Wildman–Crippen LogP) is 2.23. The molecule has 0 aromatic carbocycles. The normalized spacial score (nSPS) is 14.1. The van der Waals surface area contributed by atoms with Gasteiger partial charge < -0.3 is 13.8 Å². The average Bonchev–Trinajstić information content (AvgIpc) is 2.07. The minimum absolute atomic E-state index is 0.293. The molecule has 0 bridgehead atoms. The number of aldehydes is 1. The molecule has 0 fully saturated rings. The van der Waals surface area contributed by atoms with Crippen molar-refractivity contribution in [3.05, 3.63) is 0 Å². The van der Waals surface area contributed by atoms with Crippen LogP contribution in [0.1, 0.15) is 27.2 Å². The number of rotatable bonds is 7. The van der Waals surface area contributed by atoms with Crippen LogP contribution in [0.15, 0.2) is 0 Å². The Morgan fingerprint density at radius 2 is 1.69 bits per heavy atom. The average molecular weight is 208 g/mol. The first-order valence-electron chi connectivity index (χ1n) is 4.48. The van der Waals surface area contributed by atoms with E-state index < -0.39 is 13.3 Å². The second-order valence-electron chi connectivity index (χ2n) is 2.49. The van der Waals surface area contributed by atoms with E-state index in [0.717, 1.165) is 0 Å². The molecule has 0 radical (unpaired) electrons. The summed E-state index contributed by atoms with van der Waals surface area (Å²) in [5, 5.41) is 0. The van der Waals surface area contributed by atoms with Crippen molar-refractivity contribution in [3.63, 3.8) is 0 Å². The van der Waals surface area contributed by atoms with Crippen LogP contribution in [0.5, 0.6) is 0 Å². The smallest absolute Gasteiger partial charge is 0.308 e. The van der Waals surface area contributed by atoms with Crippen LogP contribution in [0.2, 0.25) is 0 Å². The number of hydrogen-bond acceptors (Lipinski definition) is 4. The summed E-state index contributed by atoms with van der Waals surface area (Å²) in [5.41, 5.74) is -0.632. The van der Waals surface area contributed by atoms with Gasteiger partial charge in [-0.1, -0.05) is 6.92 Å². The fraction of sp³-hybridized carbons (Fsp3) is 0.875. The summed E-state index contributed by atoms with van der Waals surface area (Å²) in [4.78, 5) is 10.6. The summed E-state index contributed by atoms with van der Waals surface area (Å²) in [6.07, 6.45) is 1.12. The molecular formula is C8H17O4P. The van der Waals surface area contributed by atoms with E-state index in [0.29, 0.717) is 25.9 Å². The van der Waals surface area contributed by atoms with E-state index >= 15 is 0 Å². The predicted molar refractivity (Wildman–Crippen MR) is 51.0 cm³/mol. The Hall–Kier alpha value is -0.180. The summed E-state index contributed by atoms with van der Waals surface area (Å²) in [6, 6.07) is 0. The van der Waals surface area contributed by atoms with Crippen LogP contribution in [0.25, 0.3) is 0 Å². The molecule has 1 atom stereocenters. The van der Waals surface area contributed by atoms with E-state index in [1.807, 2.05) is 0 Å². The summed E-state index contributed by atoms with van der Waals surface area (Å²) in [7, 11) is -3.20. The number of carbonyl (C=O) groups is 1. The molecule has 0 amide bonds. The molecular weight excluding hydrogens is 191 g/mol. The van der Waals surface area contributed by atoms with Gasteiger partial charge in [-0.25, -0.2) is 0 Å². The highest BCUT2D eigenvalue weighted by molar-refractivity contribution is 7.55. The maximum absolute atomic E-state index is 11.9. The molecule has 0 saturated carbocycles. The zero-order valence-corrected chi connectivity index (χ0v) is 9.25. The lowest BCUT2D eigenvalue weighted by Crippen LogP contribution is -2.13. The summed E-state index contributed by atoms with van der Waals surface area (Å²) in [6.45, 7) is 5.82. The third-order valence-corrected chi connectivity index (χ3v) is 4.14. The molecule has 78 valence electrons. The topological polar surface area (TPSA) is 52.6 Å². The Kier molecular flexibility index (Phi) is 6.21. The molecule has 1 unspecified atom stereocenters. The number of carbonyl (C=O) groups excluding carboxylic acids is 1. The van der Waals surface area contributed by atoms with Gasteiger partial charge in [0.15, 0.2) is 0 Å². The van der Waals surface area contributed by atoms with Crippen LogP contribution in [-0.4, -0.2) is 25.2 Å². The van der Waals surface area contributed by atoms with Gasteiger partial charge in [0.05, 0.1) is 13.2 Å². The highest BCUT2D eigenvalue weighted by Gasteiger charge is 2.33. The Morgan fingerprint density at radius 3 is 1.92 bits per heavy atom. The van der Waals surface area contributed by atoms with E-state index in [4.69, 9.17) is 9.05 Å². The minimum Gasteiger partial charge on any atom is -0.308 e. The van der Waals surface area contributed by atoms with E-state index in [9.17, 15) is 9.36 Å². The molecule has 5 heteroatoms. The molecule has 0 aromatic rings. The van der Waals surface area contributed by atoms with Crippen molar-refractivity contribution in [1.29, 1.82) is 0 Å². The Morgan fingerprint density at radius 1 is 1.23 bits per heavy atom. The third kappa shape index (κ3) is 3.59. The van der Waals surface area contributed by atoms with Crippen LogP contribution >= 0.6 is 7.60 Å². The van der Waals surface area contributed by atoms with Crippen LogP contribution in [0.3, 0.4) is 0 Å². The molecule has 0 spiro atoms. The monoisotopic (exact) mass is 208 g/mol. The van der Waals surface area contributed by atoms with Crippen molar-refractivity contribution < 1.29 is 18.4 Å². The molecule has 0 aliphatic rings. The highest BCUT2D eigenvalue weighted by atomic mass is 31.2. The van der Waals surface area contributed by atoms with Gasteiger partial charge in [0, 0.05) is 0 Å². The molecule has 0 aromatic heterocycles. The first-order valence-corrected chi connectivity index (χ1v) is 6.09. The third-order valence-electron chi connectivity index (χ3n) is 1.60. The minimum atomic E-state index is -3.20. The fourth-order valence-electron chi connectivity index (χ4n) is 0.983. The maximum Gasteiger partial charge on any atom is 0.340 e. The van der Waals surface area contributed by atoms with Gasteiger partial charge in [0.25, 0.3) is 0 Å². The lowest BCUT2D eigenvalue weighted by molar-refractivity contribution is -0.107. The van der Waals surface area contributed by atoms with Crippen molar-refractivity contribution in [1.82, 2.24) is 0 Å². The molecule has 0 saturated heterocycles. The lowest BCUT2D eigenvalue weighted by atomic mass is 10.4. The highest BCUT2D eigenvalue weighted by Crippen LogP contribution is 2.53. The van der Waals surface area contributed by atoms with Crippen molar-refractivity contribution in [2.75, 3.05) is 13.2 Å². The lowest BCUT2D eigenvalue weighted by Gasteiger charge is -2.20. The van der Waals surface area contributed by atoms with Gasteiger partial charge in [-0.05, 0) is 20.3 Å². The first kappa shape index (κ1) is 12.8. The quantitative estimate of drug-likeness (QED) is 0.475. The Bertz CT molecular complexity index is 183. The molecule has 0 rings (SSSR count). The summed E-state index contributed by atoms with van der Waals surface area (Å²) >= 11 is 0. The van der Waals surface area contributed by atoms with E-state index in [1.54, 1.807) is 20.8 Å². The fourth-order valence-corrected chi connectivity index (χ4v) is 2.76. The zero-order valence-electron chi connectivity index (χ0n) is 8.36. The van der Waals surface area contributed by atoms with E-state index in [-0.39, 0.29) is 0 Å². The molecule has 4 nitrogen and oxygen atoms in total. The molecule has 0 aliphatic carbocycles. The molecule has 0 heterocycles. The zero-order chi connectivity index (χ0) is 10.3. The molecule has 13 heavy (non-hydrogen) atoms. The summed E-state index contributed by atoms with van der Waals surface area (Å²) in [5.74, 6) is 0. The van der Waals surface area contributed by atoms with Gasteiger partial charge in [0.2, 0.25) is 0 Å². The maximum atomic E-state index is 11.9. The molecule has 0 N–H and O–H groups in total. The van der Waals surface area contributed by atoms with Gasteiger partial charge in [-0.2, -0.15) is 0 Å². The largest absolute Gasteiger partial charge is 0.340 e. The van der Waals surface area contributed by atoms with Gasteiger partial charge in [-0.3, -0.25) is 4.57 Å². The van der Waals surface area contributed by atoms with Crippen LogP contribution in [-0.2, 0) is 18.4 Å². The first-order chi connectivity index (χ1) is 6.14. The standard InChI is InChI=1S/C8H17O4P/c1-4-8(7-9)13(10,11-5-2)12-6-3/h7-8H,4-6H2,1-3H3. The molecule has 0 aliphatic heterocycles. The van der Waals surface area contributed by atoms with Gasteiger partial charge in [-0.15, -0.1) is 0 Å². The SMILES string of the molecule is CCOP(=O)(OCC)C(C=O)CC. The van der Waals surface area contributed by atoms with Crippen molar-refractivity contribution >= 4 is 13.9 Å². The van der Waals surface area contributed by atoms with Crippen molar-refractivity contribution in [2.24, 2.45) is 0 Å². The van der Waals surface area contributed by atoms with Crippen molar-refractivity contribution in [3.8, 4) is 0 Å². The second-order valence-corrected chi connectivity index (χ2v) is 4.75. The van der Waals surface area contributed by atoms with Crippen LogP contribution < -0.4 is 0 Å². The van der Waals surface area contributed by atoms with Gasteiger partial charge in [0.1, 0.15) is 11.9 Å². The number of hydrogen-bond donors (Lipinski definition) is 0. The Balaban J connectivity index is 4.53.